The minimum Gasteiger partial charge on any atom is -0.356 e. The molecular formula is C19H35N3O4S. The Morgan fingerprint density at radius 3 is 2.41 bits per heavy atom. The quantitative estimate of drug-likeness (QED) is 0.614. The van der Waals surface area contributed by atoms with E-state index in [9.17, 15) is 18.0 Å². The number of sulfone groups is 1. The van der Waals surface area contributed by atoms with E-state index in [0.29, 0.717) is 6.42 Å². The number of carbonyl (C=O) groups is 2. The Hall–Kier alpha value is -1.15. The molecule has 2 amide bonds. The van der Waals surface area contributed by atoms with Crippen LogP contribution in [0.25, 0.3) is 0 Å². The molecule has 156 valence electrons. The Labute approximate surface area is 163 Å². The molecule has 2 atom stereocenters. The van der Waals surface area contributed by atoms with Gasteiger partial charge in [-0.1, -0.05) is 19.8 Å². The number of rotatable bonds is 8. The SMILES string of the molecule is CCCCCNC(=O)C1CCN(C(C)C(=O)N(C)C2CCS(=O)(=O)C2)CC1. The van der Waals surface area contributed by atoms with Crippen molar-refractivity contribution < 1.29 is 18.0 Å². The fourth-order valence-corrected chi connectivity index (χ4v) is 5.77. The number of unbranched alkanes of at least 4 members (excludes halogenated alkanes) is 2. The summed E-state index contributed by atoms with van der Waals surface area (Å²) in [5, 5.41) is 3.03. The van der Waals surface area contributed by atoms with Gasteiger partial charge in [-0.2, -0.15) is 0 Å². The lowest BCUT2D eigenvalue weighted by Crippen LogP contribution is -2.52. The van der Waals surface area contributed by atoms with Crippen LogP contribution in [-0.2, 0) is 19.4 Å². The summed E-state index contributed by atoms with van der Waals surface area (Å²) in [6.45, 7) is 6.21. The van der Waals surface area contributed by atoms with Gasteiger partial charge in [-0.05, 0) is 45.7 Å². The van der Waals surface area contributed by atoms with E-state index in [4.69, 9.17) is 0 Å². The summed E-state index contributed by atoms with van der Waals surface area (Å²) in [4.78, 5) is 28.7. The monoisotopic (exact) mass is 401 g/mol. The zero-order chi connectivity index (χ0) is 20.0. The molecule has 0 spiro atoms. The van der Waals surface area contributed by atoms with Crippen LogP contribution in [-0.4, -0.2) is 80.3 Å². The number of likely N-dealkylation sites (N-methyl/N-ethyl adjacent to an activating group) is 1. The number of nitrogens with zero attached hydrogens (tertiary/aromatic N) is 2. The van der Waals surface area contributed by atoms with Crippen molar-refractivity contribution in [3.63, 3.8) is 0 Å². The maximum Gasteiger partial charge on any atom is 0.239 e. The second-order valence-electron chi connectivity index (χ2n) is 7.99. The molecule has 7 nitrogen and oxygen atoms in total. The van der Waals surface area contributed by atoms with Crippen LogP contribution in [0, 0.1) is 5.92 Å². The summed E-state index contributed by atoms with van der Waals surface area (Å²) in [6.07, 6.45) is 5.35. The second kappa shape index (κ2) is 9.87. The van der Waals surface area contributed by atoms with Crippen molar-refractivity contribution >= 4 is 21.7 Å². The molecule has 0 bridgehead atoms. The van der Waals surface area contributed by atoms with Crippen LogP contribution < -0.4 is 5.32 Å². The summed E-state index contributed by atoms with van der Waals surface area (Å²) in [5.74, 6) is 0.380. The summed E-state index contributed by atoms with van der Waals surface area (Å²) >= 11 is 0. The third-order valence-electron chi connectivity index (χ3n) is 5.99. The van der Waals surface area contributed by atoms with E-state index >= 15 is 0 Å². The van der Waals surface area contributed by atoms with Crippen LogP contribution in [0.4, 0.5) is 0 Å². The number of likely N-dealkylation sites (tertiary alicyclic amines) is 1. The Bertz CT molecular complexity index is 614. The third kappa shape index (κ3) is 6.17. The normalized spacial score (nSPS) is 24.5. The van der Waals surface area contributed by atoms with Crippen molar-refractivity contribution in [3.8, 4) is 0 Å². The average molecular weight is 402 g/mol. The molecule has 2 heterocycles. The van der Waals surface area contributed by atoms with Gasteiger partial charge in [0.05, 0.1) is 17.5 Å². The van der Waals surface area contributed by atoms with Gasteiger partial charge < -0.3 is 10.2 Å². The van der Waals surface area contributed by atoms with E-state index < -0.39 is 9.84 Å². The van der Waals surface area contributed by atoms with Crippen LogP contribution in [0.15, 0.2) is 0 Å². The van der Waals surface area contributed by atoms with E-state index in [0.717, 1.165) is 51.7 Å². The van der Waals surface area contributed by atoms with Crippen LogP contribution in [0.1, 0.15) is 52.4 Å². The van der Waals surface area contributed by atoms with Crippen molar-refractivity contribution in [1.82, 2.24) is 15.1 Å². The van der Waals surface area contributed by atoms with E-state index in [1.54, 1.807) is 11.9 Å². The van der Waals surface area contributed by atoms with Gasteiger partial charge in [-0.25, -0.2) is 8.42 Å². The van der Waals surface area contributed by atoms with E-state index in [1.807, 2.05) is 6.92 Å². The van der Waals surface area contributed by atoms with Crippen LogP contribution in [0.3, 0.4) is 0 Å². The Morgan fingerprint density at radius 1 is 1.19 bits per heavy atom. The number of hydrogen-bond acceptors (Lipinski definition) is 5. The van der Waals surface area contributed by atoms with E-state index in [2.05, 4.69) is 17.1 Å². The van der Waals surface area contributed by atoms with E-state index in [-0.39, 0.29) is 41.3 Å². The molecule has 2 unspecified atom stereocenters. The smallest absolute Gasteiger partial charge is 0.239 e. The maximum atomic E-state index is 12.8. The molecular weight excluding hydrogens is 366 g/mol. The van der Waals surface area contributed by atoms with Crippen molar-refractivity contribution in [2.75, 3.05) is 38.2 Å². The van der Waals surface area contributed by atoms with Crippen LogP contribution in [0.2, 0.25) is 0 Å². The van der Waals surface area contributed by atoms with Gasteiger partial charge in [0.2, 0.25) is 11.8 Å². The lowest BCUT2D eigenvalue weighted by atomic mass is 9.94. The van der Waals surface area contributed by atoms with Crippen molar-refractivity contribution in [2.45, 2.75) is 64.5 Å². The first-order valence-corrected chi connectivity index (χ1v) is 12.1. The highest BCUT2D eigenvalue weighted by Crippen LogP contribution is 2.22. The van der Waals surface area contributed by atoms with Gasteiger partial charge in [-0.3, -0.25) is 14.5 Å². The Kier molecular flexibility index (Phi) is 8.09. The number of nitrogens with one attached hydrogen (secondary N) is 1. The van der Waals surface area contributed by atoms with Gasteiger partial charge in [0.15, 0.2) is 9.84 Å². The first kappa shape index (κ1) is 22.1. The molecule has 27 heavy (non-hydrogen) atoms. The lowest BCUT2D eigenvalue weighted by molar-refractivity contribution is -0.137. The second-order valence-corrected chi connectivity index (χ2v) is 10.2. The van der Waals surface area contributed by atoms with Gasteiger partial charge in [0, 0.05) is 25.6 Å². The fraction of sp³-hybridized carbons (Fsp3) is 0.895. The highest BCUT2D eigenvalue weighted by atomic mass is 32.2. The molecule has 0 aliphatic carbocycles. The molecule has 0 aromatic rings. The first-order valence-electron chi connectivity index (χ1n) is 10.2. The fourth-order valence-electron chi connectivity index (χ4n) is 3.99. The number of hydrogen-bond donors (Lipinski definition) is 1. The minimum atomic E-state index is -3.00. The topological polar surface area (TPSA) is 86.8 Å². The van der Waals surface area contributed by atoms with Crippen LogP contribution in [0.5, 0.6) is 0 Å². The van der Waals surface area contributed by atoms with Crippen LogP contribution >= 0.6 is 0 Å². The van der Waals surface area contributed by atoms with Crippen molar-refractivity contribution in [3.05, 3.63) is 0 Å². The molecule has 8 heteroatoms. The summed E-state index contributed by atoms with van der Waals surface area (Å²) in [7, 11) is -1.30. The zero-order valence-electron chi connectivity index (χ0n) is 16.9. The third-order valence-corrected chi connectivity index (χ3v) is 7.74. The number of piperidine rings is 1. The molecule has 0 aromatic carbocycles. The minimum absolute atomic E-state index is 0.0282. The van der Waals surface area contributed by atoms with Gasteiger partial charge in [-0.15, -0.1) is 0 Å². The molecule has 0 saturated carbocycles. The molecule has 2 aliphatic rings. The highest BCUT2D eigenvalue weighted by molar-refractivity contribution is 7.91. The first-order chi connectivity index (χ1) is 12.7. The summed E-state index contributed by atoms with van der Waals surface area (Å²) in [6, 6.07) is -0.497. The van der Waals surface area contributed by atoms with Gasteiger partial charge in [0.25, 0.3) is 0 Å². The zero-order valence-corrected chi connectivity index (χ0v) is 17.8. The standard InChI is InChI=1S/C19H35N3O4S/c1-4-5-6-10-20-18(23)16-7-11-22(12-8-16)15(2)19(24)21(3)17-9-13-27(25,26)14-17/h15-17H,4-14H2,1-3H3,(H,20,23). The summed E-state index contributed by atoms with van der Waals surface area (Å²) in [5.41, 5.74) is 0. The number of carbonyl (C=O) groups excluding carboxylic acids is 2. The Balaban J connectivity index is 1.77. The Morgan fingerprint density at radius 2 is 1.85 bits per heavy atom. The molecule has 2 aliphatic heterocycles. The predicted octanol–water partition coefficient (Wildman–Crippen LogP) is 1.04. The molecule has 2 fully saturated rings. The van der Waals surface area contributed by atoms with Gasteiger partial charge >= 0.3 is 0 Å². The largest absolute Gasteiger partial charge is 0.356 e. The predicted molar refractivity (Wildman–Crippen MR) is 106 cm³/mol. The molecule has 2 rings (SSSR count). The molecule has 0 aromatic heterocycles. The number of amides is 2. The molecule has 2 saturated heterocycles. The van der Waals surface area contributed by atoms with Crippen molar-refractivity contribution in [2.24, 2.45) is 5.92 Å². The average Bonchev–Trinajstić information content (AvgIpc) is 3.03. The molecule has 0 radical (unpaired) electrons. The van der Waals surface area contributed by atoms with Gasteiger partial charge in [0.1, 0.15) is 0 Å². The lowest BCUT2D eigenvalue weighted by Gasteiger charge is -2.37. The highest BCUT2D eigenvalue weighted by Gasteiger charge is 2.36. The van der Waals surface area contributed by atoms with Crippen molar-refractivity contribution in [1.29, 1.82) is 0 Å². The molecule has 1 N–H and O–H groups in total. The van der Waals surface area contributed by atoms with E-state index in [1.165, 1.54) is 0 Å². The summed E-state index contributed by atoms with van der Waals surface area (Å²) < 4.78 is 23.3. The maximum absolute atomic E-state index is 12.8.